The molecule has 0 spiro atoms. The Bertz CT molecular complexity index is 2340. The summed E-state index contributed by atoms with van der Waals surface area (Å²) in [6.45, 7) is 1.98. The van der Waals surface area contributed by atoms with Crippen molar-refractivity contribution in [1.29, 1.82) is 0 Å². The first-order valence-corrected chi connectivity index (χ1v) is 17.9. The van der Waals surface area contributed by atoms with Gasteiger partial charge in [0.2, 0.25) is 4.80 Å². The fraction of sp³-hybridized carbons (Fsp3) is 0.162. The van der Waals surface area contributed by atoms with Gasteiger partial charge in [-0.2, -0.15) is 13.5 Å². The van der Waals surface area contributed by atoms with E-state index < -0.39 is 16.0 Å². The summed E-state index contributed by atoms with van der Waals surface area (Å²) < 4.78 is 51.4. The summed E-state index contributed by atoms with van der Waals surface area (Å²) >= 11 is 1.22. The number of esters is 1. The molecule has 2 aromatic heterocycles. The molecule has 12 heteroatoms. The second-order valence-electron chi connectivity index (χ2n) is 11.2. The van der Waals surface area contributed by atoms with Crippen LogP contribution in [0.1, 0.15) is 28.5 Å². The molecular formula is C37H32N4O6S2. The van der Waals surface area contributed by atoms with Crippen molar-refractivity contribution in [3.63, 3.8) is 0 Å². The van der Waals surface area contributed by atoms with E-state index >= 15 is 0 Å². The smallest absolute Gasteiger partial charge is 0.357 e. The molecule has 0 radical (unpaired) electrons. The van der Waals surface area contributed by atoms with Gasteiger partial charge in [0.15, 0.2) is 5.69 Å². The minimum Gasteiger partial charge on any atom is -0.497 e. The Morgan fingerprint density at radius 2 is 1.51 bits per heavy atom. The van der Waals surface area contributed by atoms with Gasteiger partial charge in [0, 0.05) is 22.2 Å². The maximum Gasteiger partial charge on any atom is 0.357 e. The number of rotatable bonds is 9. The summed E-state index contributed by atoms with van der Waals surface area (Å²) in [5, 5.41) is 6.72. The lowest BCUT2D eigenvalue weighted by molar-refractivity contribution is 0.0514. The van der Waals surface area contributed by atoms with Crippen LogP contribution in [0, 0.1) is 0 Å². The van der Waals surface area contributed by atoms with Crippen LogP contribution in [0.25, 0.3) is 33.9 Å². The topological polar surface area (TPSA) is 114 Å². The second-order valence-corrected chi connectivity index (χ2v) is 13.6. The summed E-state index contributed by atoms with van der Waals surface area (Å²) in [5.41, 5.74) is 6.89. The third kappa shape index (κ3) is 6.05. The number of aromatic nitrogens is 3. The lowest BCUT2D eigenvalue weighted by Gasteiger charge is -2.15. The van der Waals surface area contributed by atoms with Gasteiger partial charge in [0.1, 0.15) is 11.5 Å². The Balaban J connectivity index is 1.30. The second kappa shape index (κ2) is 13.2. The zero-order valence-electron chi connectivity index (χ0n) is 27.0. The molecule has 0 aliphatic heterocycles. The number of aryl methyl sites for hydroxylation is 1. The van der Waals surface area contributed by atoms with Crippen LogP contribution in [0.15, 0.2) is 112 Å². The van der Waals surface area contributed by atoms with Crippen molar-refractivity contribution >= 4 is 27.3 Å². The predicted octanol–water partition coefficient (Wildman–Crippen LogP) is 6.64. The number of carbonyl (C=O) groups excluding carboxylic acids is 1. The van der Waals surface area contributed by atoms with Crippen LogP contribution in [0.3, 0.4) is 0 Å². The molecule has 49 heavy (non-hydrogen) atoms. The number of sulfonamides is 1. The van der Waals surface area contributed by atoms with Crippen LogP contribution in [-0.4, -0.2) is 49.6 Å². The van der Waals surface area contributed by atoms with Gasteiger partial charge in [-0.1, -0.05) is 24.3 Å². The molecule has 0 bridgehead atoms. The van der Waals surface area contributed by atoms with Gasteiger partial charge in [-0.15, -0.1) is 15.7 Å². The molecule has 0 saturated carbocycles. The standard InChI is InChI=1S/C37H32N4O6S2/c1-4-47-36(42)35-32-22-11-24-7-5-6-8-31(24)34(32)38-41(35)27-14-20-30(21-15-27)49(43,44)39-37-40(26-12-18-29(46-3)19-13-26)33(23-48-37)25-9-16-28(45-2)17-10-25/h5-10,12-21,23H,4,11,22H2,1-3H3/b39-37+. The average Bonchev–Trinajstić information content (AvgIpc) is 3.74. The molecular weight excluding hydrogens is 661 g/mol. The van der Waals surface area contributed by atoms with Crippen molar-refractivity contribution in [1.82, 2.24) is 14.3 Å². The first-order valence-electron chi connectivity index (χ1n) is 15.6. The Kier molecular flexibility index (Phi) is 8.66. The lowest BCUT2D eigenvalue weighted by Crippen LogP contribution is -2.17. The predicted molar refractivity (Wildman–Crippen MR) is 187 cm³/mol. The van der Waals surface area contributed by atoms with Crippen molar-refractivity contribution in [2.24, 2.45) is 4.40 Å². The van der Waals surface area contributed by atoms with Gasteiger partial charge < -0.3 is 14.2 Å². The number of carbonyl (C=O) groups is 1. The Hall–Kier alpha value is -5.46. The van der Waals surface area contributed by atoms with Gasteiger partial charge >= 0.3 is 5.97 Å². The van der Waals surface area contributed by atoms with Crippen LogP contribution in [-0.2, 0) is 27.6 Å². The molecule has 0 unspecified atom stereocenters. The Labute approximate surface area is 287 Å². The number of thiazole rings is 1. The number of benzene rings is 4. The van der Waals surface area contributed by atoms with E-state index in [1.165, 1.54) is 23.5 Å². The SMILES string of the molecule is CCOC(=O)c1c2c(nn1-c1ccc(S(=O)(=O)/N=c3/scc(-c4ccc(OC)cc4)n3-c3ccc(OC)cc3)cc1)-c1ccccc1CC2. The van der Waals surface area contributed by atoms with E-state index in [-0.39, 0.29) is 16.3 Å². The van der Waals surface area contributed by atoms with Crippen LogP contribution in [0.5, 0.6) is 11.5 Å². The monoisotopic (exact) mass is 692 g/mol. The highest BCUT2D eigenvalue weighted by atomic mass is 32.2. The molecule has 10 nitrogen and oxygen atoms in total. The number of methoxy groups -OCH3 is 2. The van der Waals surface area contributed by atoms with Crippen molar-refractivity contribution < 1.29 is 27.4 Å². The van der Waals surface area contributed by atoms with Crippen LogP contribution >= 0.6 is 11.3 Å². The molecule has 0 saturated heterocycles. The van der Waals surface area contributed by atoms with Crippen LogP contribution in [0.4, 0.5) is 0 Å². The normalized spacial score (nSPS) is 12.7. The third-order valence-corrected chi connectivity index (χ3v) is 10.6. The van der Waals surface area contributed by atoms with Crippen molar-refractivity contribution in [3.8, 4) is 45.4 Å². The zero-order valence-corrected chi connectivity index (χ0v) is 28.6. The number of nitrogens with zero attached hydrogens (tertiary/aromatic N) is 4. The largest absolute Gasteiger partial charge is 0.497 e. The van der Waals surface area contributed by atoms with E-state index in [2.05, 4.69) is 10.5 Å². The average molecular weight is 693 g/mol. The van der Waals surface area contributed by atoms with Crippen LogP contribution in [0.2, 0.25) is 0 Å². The van der Waals surface area contributed by atoms with Gasteiger partial charge in [-0.3, -0.25) is 4.57 Å². The summed E-state index contributed by atoms with van der Waals surface area (Å²) in [4.78, 5) is 13.5. The zero-order chi connectivity index (χ0) is 34.1. The molecule has 0 amide bonds. The van der Waals surface area contributed by atoms with E-state index in [4.69, 9.17) is 19.3 Å². The summed E-state index contributed by atoms with van der Waals surface area (Å²) in [5.74, 6) is 0.904. The number of ether oxygens (including phenoxy) is 3. The fourth-order valence-electron chi connectivity index (χ4n) is 5.96. The van der Waals surface area contributed by atoms with E-state index in [9.17, 15) is 13.2 Å². The molecule has 1 aliphatic carbocycles. The molecule has 0 fully saturated rings. The first-order chi connectivity index (χ1) is 23.8. The highest BCUT2D eigenvalue weighted by Gasteiger charge is 2.30. The molecule has 4 aromatic carbocycles. The van der Waals surface area contributed by atoms with Gasteiger partial charge in [0.05, 0.1) is 42.8 Å². The quantitative estimate of drug-likeness (QED) is 0.156. The van der Waals surface area contributed by atoms with E-state index in [0.717, 1.165) is 40.1 Å². The molecule has 248 valence electrons. The maximum atomic E-state index is 13.8. The summed E-state index contributed by atoms with van der Waals surface area (Å²) in [6.07, 6.45) is 1.42. The van der Waals surface area contributed by atoms with Crippen molar-refractivity contribution in [2.75, 3.05) is 20.8 Å². The van der Waals surface area contributed by atoms with Crippen molar-refractivity contribution in [3.05, 3.63) is 124 Å². The molecule has 7 rings (SSSR count). The lowest BCUT2D eigenvalue weighted by atomic mass is 9.89. The molecule has 6 aromatic rings. The number of hydrogen-bond donors (Lipinski definition) is 0. The van der Waals surface area contributed by atoms with Crippen LogP contribution < -0.4 is 14.3 Å². The molecule has 0 N–H and O–H groups in total. The Morgan fingerprint density at radius 3 is 2.18 bits per heavy atom. The van der Waals surface area contributed by atoms with E-state index in [1.807, 2.05) is 72.1 Å². The summed E-state index contributed by atoms with van der Waals surface area (Å²) in [6, 6.07) is 29.1. The molecule has 2 heterocycles. The Morgan fingerprint density at radius 1 is 0.857 bits per heavy atom. The summed E-state index contributed by atoms with van der Waals surface area (Å²) in [7, 11) is -0.972. The highest BCUT2D eigenvalue weighted by Crippen LogP contribution is 2.36. The molecule has 0 atom stereocenters. The van der Waals surface area contributed by atoms with E-state index in [1.54, 1.807) is 42.5 Å². The minimum absolute atomic E-state index is 0.00289. The van der Waals surface area contributed by atoms with Crippen molar-refractivity contribution in [2.45, 2.75) is 24.7 Å². The number of hydrogen-bond acceptors (Lipinski definition) is 8. The first kappa shape index (κ1) is 32.1. The minimum atomic E-state index is -4.16. The third-order valence-electron chi connectivity index (χ3n) is 8.37. The van der Waals surface area contributed by atoms with Gasteiger partial charge in [-0.05, 0) is 104 Å². The fourth-order valence-corrected chi connectivity index (χ4v) is 8.07. The van der Waals surface area contributed by atoms with Gasteiger partial charge in [0.25, 0.3) is 10.0 Å². The number of fused-ring (bicyclic) bond motifs is 3. The molecule has 1 aliphatic rings. The maximum absolute atomic E-state index is 13.8. The van der Waals surface area contributed by atoms with E-state index in [0.29, 0.717) is 35.0 Å². The van der Waals surface area contributed by atoms with Gasteiger partial charge in [-0.25, -0.2) is 9.48 Å². The highest BCUT2D eigenvalue weighted by molar-refractivity contribution is 7.90.